The Labute approximate surface area is 219 Å². The van der Waals surface area contributed by atoms with Gasteiger partial charge in [0.25, 0.3) is 0 Å². The van der Waals surface area contributed by atoms with E-state index in [0.717, 1.165) is 17.3 Å². The maximum absolute atomic E-state index is 12.5. The fraction of sp³-hybridized carbons (Fsp3) is 0.480. The predicted molar refractivity (Wildman–Crippen MR) is 151 cm³/mol. The summed E-state index contributed by atoms with van der Waals surface area (Å²) in [6.07, 6.45) is 9.45. The molecule has 3 N–H and O–H groups in total. The number of rotatable bonds is 7. The number of anilines is 2. The summed E-state index contributed by atoms with van der Waals surface area (Å²) in [6, 6.07) is 5.41. The number of pyridine rings is 1. The molecule has 198 valence electrons. The smallest absolute Gasteiger partial charge is 0.322 e. The zero-order valence-corrected chi connectivity index (χ0v) is 22.9. The number of ether oxygens (including phenoxy) is 1. The topological polar surface area (TPSA) is 122 Å². The van der Waals surface area contributed by atoms with E-state index in [2.05, 4.69) is 50.7 Å². The number of hydrogen-bond acceptors (Lipinski definition) is 9. The van der Waals surface area contributed by atoms with Crippen molar-refractivity contribution >= 4 is 36.3 Å². The van der Waals surface area contributed by atoms with Crippen molar-refractivity contribution in [2.75, 3.05) is 50.1 Å². The minimum Gasteiger partial charge on any atom is -0.483 e. The number of carbonyl (C=O) groups excluding carboxylic acids is 1. The van der Waals surface area contributed by atoms with Crippen molar-refractivity contribution in [1.82, 2.24) is 25.2 Å². The number of nitrogens with zero attached hydrogens (tertiary/aromatic N) is 6. The third kappa shape index (κ3) is 10.9. The number of nitrogens with two attached hydrogens (primary N) is 1. The average molecular weight is 517 g/mol. The first-order valence-electron chi connectivity index (χ1n) is 12.0. The highest BCUT2D eigenvalue weighted by molar-refractivity contribution is 8.02. The highest BCUT2D eigenvalue weighted by Gasteiger charge is 2.24. The van der Waals surface area contributed by atoms with E-state index in [1.54, 1.807) is 25.5 Å². The lowest BCUT2D eigenvalue weighted by Crippen LogP contribution is -2.51. The van der Waals surface area contributed by atoms with Gasteiger partial charge in [0.2, 0.25) is 5.95 Å². The zero-order valence-electron chi connectivity index (χ0n) is 22.1. The number of aliphatic imine (C=N–C) groups is 1. The van der Waals surface area contributed by atoms with E-state index < -0.39 is 0 Å². The largest absolute Gasteiger partial charge is 0.483 e. The van der Waals surface area contributed by atoms with Crippen LogP contribution < -0.4 is 20.7 Å². The van der Waals surface area contributed by atoms with Crippen LogP contribution >= 0.6 is 11.8 Å². The molecule has 11 heteroatoms. The van der Waals surface area contributed by atoms with Gasteiger partial charge in [-0.2, -0.15) is 0 Å². The van der Waals surface area contributed by atoms with E-state index in [-0.39, 0.29) is 18.6 Å². The molecule has 0 bridgehead atoms. The Balaban J connectivity index is 0.000000982. The highest BCUT2D eigenvalue weighted by Crippen LogP contribution is 2.27. The Morgan fingerprint density at radius 2 is 1.89 bits per heavy atom. The van der Waals surface area contributed by atoms with Crippen molar-refractivity contribution < 1.29 is 9.53 Å². The van der Waals surface area contributed by atoms with Crippen molar-refractivity contribution in [1.29, 1.82) is 0 Å². The first kappa shape index (κ1) is 30.7. The van der Waals surface area contributed by atoms with E-state index in [1.165, 1.54) is 18.2 Å². The Morgan fingerprint density at radius 3 is 2.47 bits per heavy atom. The third-order valence-corrected chi connectivity index (χ3v) is 5.27. The SMILES string of the molecule is C=NC.CC/C=C(\NC(=O)N1CCN(c2ncccc2OCc2ccnc(N)n2)CC1)SC.CCC. The van der Waals surface area contributed by atoms with E-state index in [0.29, 0.717) is 37.6 Å². The summed E-state index contributed by atoms with van der Waals surface area (Å²) < 4.78 is 5.95. The first-order valence-corrected chi connectivity index (χ1v) is 13.2. The molecule has 1 fully saturated rings. The maximum Gasteiger partial charge on any atom is 0.322 e. The summed E-state index contributed by atoms with van der Waals surface area (Å²) in [6.45, 7) is 12.2. The molecule has 0 aromatic carbocycles. The molecule has 1 saturated heterocycles. The van der Waals surface area contributed by atoms with Gasteiger partial charge in [0.1, 0.15) is 6.61 Å². The van der Waals surface area contributed by atoms with Gasteiger partial charge in [-0.1, -0.05) is 33.3 Å². The molecule has 0 atom stereocenters. The van der Waals surface area contributed by atoms with Gasteiger partial charge in [-0.15, -0.1) is 11.8 Å². The van der Waals surface area contributed by atoms with Crippen LogP contribution in [0.5, 0.6) is 5.75 Å². The van der Waals surface area contributed by atoms with Gasteiger partial charge < -0.3 is 30.6 Å². The molecule has 0 aliphatic carbocycles. The lowest BCUT2D eigenvalue weighted by Gasteiger charge is -2.36. The van der Waals surface area contributed by atoms with Gasteiger partial charge in [-0.3, -0.25) is 0 Å². The molecular weight excluding hydrogens is 476 g/mol. The lowest BCUT2D eigenvalue weighted by atomic mass is 10.3. The van der Waals surface area contributed by atoms with E-state index >= 15 is 0 Å². The van der Waals surface area contributed by atoms with Crippen LogP contribution in [0.1, 0.15) is 39.3 Å². The van der Waals surface area contributed by atoms with Gasteiger partial charge in [-0.05, 0) is 37.6 Å². The molecule has 2 aromatic heterocycles. The molecule has 0 saturated carbocycles. The second-order valence-corrected chi connectivity index (χ2v) is 8.48. The Hall–Kier alpha value is -3.34. The summed E-state index contributed by atoms with van der Waals surface area (Å²) in [5, 5.41) is 3.86. The molecule has 0 spiro atoms. The Bertz CT molecular complexity index is 949. The molecule has 1 aliphatic rings. The molecule has 3 heterocycles. The van der Waals surface area contributed by atoms with Crippen molar-refractivity contribution in [2.45, 2.75) is 40.2 Å². The second kappa shape index (κ2) is 18.0. The van der Waals surface area contributed by atoms with Crippen LogP contribution in [0.2, 0.25) is 0 Å². The maximum atomic E-state index is 12.5. The Kier molecular flexibility index (Phi) is 15.3. The fourth-order valence-electron chi connectivity index (χ4n) is 3.05. The van der Waals surface area contributed by atoms with Crippen molar-refractivity contribution in [3.63, 3.8) is 0 Å². The minimum atomic E-state index is -0.0671. The quantitative estimate of drug-likeness (QED) is 0.525. The second-order valence-electron chi connectivity index (χ2n) is 7.63. The van der Waals surface area contributed by atoms with Crippen molar-refractivity contribution in [3.05, 3.63) is 47.4 Å². The average Bonchev–Trinajstić information content (AvgIpc) is 2.88. The van der Waals surface area contributed by atoms with Gasteiger partial charge in [-0.25, -0.2) is 19.7 Å². The summed E-state index contributed by atoms with van der Waals surface area (Å²) in [7, 11) is 1.64. The molecule has 10 nitrogen and oxygen atoms in total. The number of allylic oxidation sites excluding steroid dienone is 1. The lowest BCUT2D eigenvalue weighted by molar-refractivity contribution is 0.197. The van der Waals surface area contributed by atoms with E-state index in [1.807, 2.05) is 36.3 Å². The molecular formula is C25H40N8O2S. The number of aromatic nitrogens is 3. The third-order valence-electron chi connectivity index (χ3n) is 4.56. The normalized spacial score (nSPS) is 13.0. The first-order chi connectivity index (χ1) is 17.4. The van der Waals surface area contributed by atoms with Crippen LogP contribution in [-0.2, 0) is 6.61 Å². The molecule has 36 heavy (non-hydrogen) atoms. The number of thioether (sulfide) groups is 1. The standard InChI is InChI=1S/C20H27N7O2S.C3H8.C2H5N/c1-3-5-17(30-2)25-20(28)27-12-10-26(11-13-27)18-16(6-4-8-22-18)29-14-15-7-9-23-19(21)24-15;2*1-3-2/h4-9H,3,10-14H2,1-2H3,(H,25,28)(H2,21,23,24);3H2,1-2H3;1H2,2H3/b17-5+;;. The van der Waals surface area contributed by atoms with Gasteiger partial charge in [0, 0.05) is 45.6 Å². The van der Waals surface area contributed by atoms with Gasteiger partial charge in [0.15, 0.2) is 11.6 Å². The van der Waals surface area contributed by atoms with Crippen LogP contribution in [0.3, 0.4) is 0 Å². The summed E-state index contributed by atoms with van der Waals surface area (Å²) in [4.78, 5) is 32.3. The van der Waals surface area contributed by atoms with Gasteiger partial charge >= 0.3 is 6.03 Å². The van der Waals surface area contributed by atoms with Crippen molar-refractivity contribution in [3.8, 4) is 5.75 Å². The highest BCUT2D eigenvalue weighted by atomic mass is 32.2. The Morgan fingerprint density at radius 1 is 1.22 bits per heavy atom. The van der Waals surface area contributed by atoms with E-state index in [9.17, 15) is 4.79 Å². The minimum absolute atomic E-state index is 0.0671. The van der Waals surface area contributed by atoms with Crippen LogP contribution in [0.15, 0.2) is 46.7 Å². The predicted octanol–water partition coefficient (Wildman–Crippen LogP) is 4.21. The summed E-state index contributed by atoms with van der Waals surface area (Å²) >= 11 is 1.54. The molecule has 3 rings (SSSR count). The number of hydrogen-bond donors (Lipinski definition) is 2. The molecule has 2 amide bonds. The van der Waals surface area contributed by atoms with Crippen molar-refractivity contribution in [2.24, 2.45) is 4.99 Å². The van der Waals surface area contributed by atoms with Crippen LogP contribution in [0.4, 0.5) is 16.6 Å². The molecule has 0 unspecified atom stereocenters. The van der Waals surface area contributed by atoms with Crippen LogP contribution in [0.25, 0.3) is 0 Å². The van der Waals surface area contributed by atoms with Crippen LogP contribution in [-0.4, -0.2) is 72.1 Å². The summed E-state index contributed by atoms with van der Waals surface area (Å²) in [5.41, 5.74) is 6.32. The number of carbonyl (C=O) groups is 1. The molecule has 2 aromatic rings. The monoisotopic (exact) mass is 516 g/mol. The molecule has 1 aliphatic heterocycles. The molecule has 0 radical (unpaired) electrons. The number of urea groups is 1. The fourth-order valence-corrected chi connectivity index (χ4v) is 3.58. The van der Waals surface area contributed by atoms with Crippen LogP contribution in [0, 0.1) is 0 Å². The summed E-state index contributed by atoms with van der Waals surface area (Å²) in [5.74, 6) is 1.65. The van der Waals surface area contributed by atoms with E-state index in [4.69, 9.17) is 10.5 Å². The zero-order chi connectivity index (χ0) is 26.8. The number of nitrogen functional groups attached to an aromatic ring is 1. The number of amides is 2. The number of nitrogens with one attached hydrogen (secondary N) is 1. The number of piperazine rings is 1. The van der Waals surface area contributed by atoms with Gasteiger partial charge in [0.05, 0.1) is 10.7 Å².